The molecule has 0 aliphatic carbocycles. The number of carbonyl (C=O) groups excluding carboxylic acids is 1. The zero-order valence-electron chi connectivity index (χ0n) is 11.0. The van der Waals surface area contributed by atoms with Crippen molar-refractivity contribution in [2.24, 2.45) is 0 Å². The lowest BCUT2D eigenvalue weighted by molar-refractivity contribution is 0.0992. The molecular formula is C16H16ClNO. The highest BCUT2D eigenvalue weighted by atomic mass is 35.5. The lowest BCUT2D eigenvalue weighted by Gasteiger charge is -2.09. The second-order valence-corrected chi connectivity index (χ2v) is 5.11. The Kier molecular flexibility index (Phi) is 3.91. The van der Waals surface area contributed by atoms with Crippen LogP contribution in [0.15, 0.2) is 36.4 Å². The average Bonchev–Trinajstić information content (AvgIpc) is 2.37. The first-order chi connectivity index (χ1) is 8.99. The van der Waals surface area contributed by atoms with E-state index in [9.17, 15) is 4.79 Å². The van der Waals surface area contributed by atoms with Gasteiger partial charge in [0.1, 0.15) is 0 Å². The third-order valence-corrected chi connectivity index (χ3v) is 3.63. The Balaban J connectivity index is 2.28. The van der Waals surface area contributed by atoms with Crippen LogP contribution in [0.3, 0.4) is 0 Å². The summed E-state index contributed by atoms with van der Waals surface area (Å²) < 4.78 is 0. The fraction of sp³-hybridized carbons (Fsp3) is 0.188. The molecule has 0 unspecified atom stereocenters. The number of halogens is 1. The summed E-state index contributed by atoms with van der Waals surface area (Å²) in [5.74, 6) is 0.0549. The van der Waals surface area contributed by atoms with Gasteiger partial charge < -0.3 is 5.73 Å². The Hall–Kier alpha value is -1.80. The molecule has 0 atom stereocenters. The zero-order valence-corrected chi connectivity index (χ0v) is 11.8. The van der Waals surface area contributed by atoms with E-state index in [0.29, 0.717) is 22.7 Å². The topological polar surface area (TPSA) is 43.1 Å². The van der Waals surface area contributed by atoms with E-state index in [2.05, 4.69) is 0 Å². The minimum absolute atomic E-state index is 0.0549. The SMILES string of the molecule is Cc1cccc(C)c1CC(=O)c1ccc(N)c(Cl)c1. The van der Waals surface area contributed by atoms with E-state index in [1.54, 1.807) is 18.2 Å². The molecule has 0 amide bonds. The van der Waals surface area contributed by atoms with Crippen LogP contribution in [0.5, 0.6) is 0 Å². The quantitative estimate of drug-likeness (QED) is 0.679. The number of ketones is 1. The van der Waals surface area contributed by atoms with Crippen LogP contribution < -0.4 is 5.73 Å². The van der Waals surface area contributed by atoms with Crippen LogP contribution in [0, 0.1) is 13.8 Å². The number of hydrogen-bond donors (Lipinski definition) is 1. The summed E-state index contributed by atoms with van der Waals surface area (Å²) >= 11 is 5.95. The molecule has 0 aliphatic rings. The molecule has 0 radical (unpaired) electrons. The van der Waals surface area contributed by atoms with Crippen molar-refractivity contribution >= 4 is 23.1 Å². The summed E-state index contributed by atoms with van der Waals surface area (Å²) in [4.78, 5) is 12.3. The van der Waals surface area contributed by atoms with Crippen LogP contribution in [0.25, 0.3) is 0 Å². The number of aryl methyl sites for hydroxylation is 2. The van der Waals surface area contributed by atoms with Crippen LogP contribution in [0.4, 0.5) is 5.69 Å². The lowest BCUT2D eigenvalue weighted by atomic mass is 9.95. The van der Waals surface area contributed by atoms with E-state index in [1.165, 1.54) is 0 Å². The number of rotatable bonds is 3. The molecule has 0 fully saturated rings. The predicted octanol–water partition coefficient (Wildman–Crippen LogP) is 3.96. The summed E-state index contributed by atoms with van der Waals surface area (Å²) in [5, 5.41) is 0.423. The highest BCUT2D eigenvalue weighted by molar-refractivity contribution is 6.33. The average molecular weight is 274 g/mol. The molecule has 0 heterocycles. The smallest absolute Gasteiger partial charge is 0.167 e. The number of nitrogen functional groups attached to an aromatic ring is 1. The molecule has 3 heteroatoms. The van der Waals surface area contributed by atoms with Gasteiger partial charge in [-0.25, -0.2) is 0 Å². The van der Waals surface area contributed by atoms with Gasteiger partial charge in [0, 0.05) is 12.0 Å². The van der Waals surface area contributed by atoms with Gasteiger partial charge >= 0.3 is 0 Å². The van der Waals surface area contributed by atoms with Crippen LogP contribution in [0.2, 0.25) is 5.02 Å². The maximum Gasteiger partial charge on any atom is 0.167 e. The van der Waals surface area contributed by atoms with Crippen molar-refractivity contribution in [2.45, 2.75) is 20.3 Å². The third kappa shape index (κ3) is 2.96. The molecule has 2 aromatic rings. The fourth-order valence-corrected chi connectivity index (χ4v) is 2.27. The number of Topliss-reactive ketones (excluding diaryl/α,β-unsaturated/α-hetero) is 1. The van der Waals surface area contributed by atoms with Gasteiger partial charge in [-0.1, -0.05) is 29.8 Å². The van der Waals surface area contributed by atoms with E-state index in [1.807, 2.05) is 32.0 Å². The molecule has 0 bridgehead atoms. The Morgan fingerprint density at radius 1 is 1.16 bits per heavy atom. The van der Waals surface area contributed by atoms with Gasteiger partial charge in [-0.05, 0) is 48.7 Å². The normalized spacial score (nSPS) is 10.5. The van der Waals surface area contributed by atoms with Gasteiger partial charge in [0.25, 0.3) is 0 Å². The summed E-state index contributed by atoms with van der Waals surface area (Å²) in [7, 11) is 0. The first-order valence-corrected chi connectivity index (χ1v) is 6.50. The second kappa shape index (κ2) is 5.45. The second-order valence-electron chi connectivity index (χ2n) is 4.71. The van der Waals surface area contributed by atoms with Crippen molar-refractivity contribution in [3.63, 3.8) is 0 Å². The van der Waals surface area contributed by atoms with Gasteiger partial charge in [-0.3, -0.25) is 4.79 Å². The molecule has 0 aromatic heterocycles. The van der Waals surface area contributed by atoms with Crippen molar-refractivity contribution in [2.75, 3.05) is 5.73 Å². The largest absolute Gasteiger partial charge is 0.398 e. The molecule has 0 spiro atoms. The van der Waals surface area contributed by atoms with Gasteiger partial charge in [-0.15, -0.1) is 0 Å². The molecule has 2 N–H and O–H groups in total. The minimum atomic E-state index is 0.0549. The Bertz CT molecular complexity index is 614. The maximum absolute atomic E-state index is 12.3. The Morgan fingerprint density at radius 3 is 2.37 bits per heavy atom. The van der Waals surface area contributed by atoms with Crippen molar-refractivity contribution in [3.8, 4) is 0 Å². The fourth-order valence-electron chi connectivity index (χ4n) is 2.09. The Labute approximate surface area is 118 Å². The molecule has 0 aliphatic heterocycles. The molecule has 19 heavy (non-hydrogen) atoms. The molecule has 2 rings (SSSR count). The standard InChI is InChI=1S/C16H16ClNO/c1-10-4-3-5-11(2)13(10)9-16(19)12-6-7-15(18)14(17)8-12/h3-8H,9,18H2,1-2H3. The lowest BCUT2D eigenvalue weighted by Crippen LogP contribution is -2.06. The zero-order chi connectivity index (χ0) is 14.0. The highest BCUT2D eigenvalue weighted by Gasteiger charge is 2.11. The summed E-state index contributed by atoms with van der Waals surface area (Å²) in [6.45, 7) is 4.04. The van der Waals surface area contributed by atoms with Gasteiger partial charge in [0.2, 0.25) is 0 Å². The van der Waals surface area contributed by atoms with E-state index >= 15 is 0 Å². The van der Waals surface area contributed by atoms with Crippen molar-refractivity contribution in [3.05, 3.63) is 63.7 Å². The molecule has 2 nitrogen and oxygen atoms in total. The van der Waals surface area contributed by atoms with Crippen molar-refractivity contribution in [1.29, 1.82) is 0 Å². The number of carbonyl (C=O) groups is 1. The number of benzene rings is 2. The van der Waals surface area contributed by atoms with Gasteiger partial charge in [-0.2, -0.15) is 0 Å². The van der Waals surface area contributed by atoms with E-state index in [-0.39, 0.29) is 5.78 Å². The summed E-state index contributed by atoms with van der Waals surface area (Å²) in [5.41, 5.74) is 10.1. The molecule has 98 valence electrons. The summed E-state index contributed by atoms with van der Waals surface area (Å²) in [6.07, 6.45) is 0.388. The number of anilines is 1. The van der Waals surface area contributed by atoms with Crippen LogP contribution >= 0.6 is 11.6 Å². The van der Waals surface area contributed by atoms with E-state index in [4.69, 9.17) is 17.3 Å². The third-order valence-electron chi connectivity index (χ3n) is 3.30. The first kappa shape index (κ1) is 13.6. The molecule has 0 saturated heterocycles. The summed E-state index contributed by atoms with van der Waals surface area (Å²) in [6, 6.07) is 11.1. The predicted molar refractivity (Wildman–Crippen MR) is 79.8 cm³/mol. The monoisotopic (exact) mass is 273 g/mol. The van der Waals surface area contributed by atoms with Gasteiger partial charge in [0.15, 0.2) is 5.78 Å². The van der Waals surface area contributed by atoms with Crippen LogP contribution in [0.1, 0.15) is 27.0 Å². The maximum atomic E-state index is 12.3. The molecule has 2 aromatic carbocycles. The van der Waals surface area contributed by atoms with Crippen molar-refractivity contribution < 1.29 is 4.79 Å². The minimum Gasteiger partial charge on any atom is -0.398 e. The van der Waals surface area contributed by atoms with E-state index < -0.39 is 0 Å². The molecular weight excluding hydrogens is 258 g/mol. The van der Waals surface area contributed by atoms with Crippen LogP contribution in [-0.2, 0) is 6.42 Å². The number of nitrogens with two attached hydrogens (primary N) is 1. The Morgan fingerprint density at radius 2 is 1.79 bits per heavy atom. The van der Waals surface area contributed by atoms with Crippen molar-refractivity contribution in [1.82, 2.24) is 0 Å². The van der Waals surface area contributed by atoms with E-state index in [0.717, 1.165) is 16.7 Å². The van der Waals surface area contributed by atoms with Crippen LogP contribution in [-0.4, -0.2) is 5.78 Å². The number of hydrogen-bond acceptors (Lipinski definition) is 2. The highest BCUT2D eigenvalue weighted by Crippen LogP contribution is 2.22. The molecule has 0 saturated carbocycles. The van der Waals surface area contributed by atoms with Gasteiger partial charge in [0.05, 0.1) is 10.7 Å². The first-order valence-electron chi connectivity index (χ1n) is 6.12.